The van der Waals surface area contributed by atoms with Crippen LogP contribution in [0.25, 0.3) is 17.0 Å². The number of halogens is 1. The van der Waals surface area contributed by atoms with E-state index in [-0.39, 0.29) is 23.1 Å². The molecule has 1 aromatic heterocycles. The van der Waals surface area contributed by atoms with Gasteiger partial charge in [-0.1, -0.05) is 47.5 Å². The maximum atomic E-state index is 13.6. The van der Waals surface area contributed by atoms with Crippen molar-refractivity contribution in [2.45, 2.75) is 20.4 Å². The molecule has 38 heavy (non-hydrogen) atoms. The monoisotopic (exact) mass is 542 g/mol. The number of anilines is 2. The van der Waals surface area contributed by atoms with Gasteiger partial charge in [0.1, 0.15) is 12.1 Å². The number of fused-ring (bicyclic) bond motifs is 1. The van der Waals surface area contributed by atoms with Gasteiger partial charge in [0.2, 0.25) is 5.91 Å². The second kappa shape index (κ2) is 10.2. The van der Waals surface area contributed by atoms with Crippen LogP contribution in [0.15, 0.2) is 78.5 Å². The molecule has 7 nitrogen and oxygen atoms in total. The van der Waals surface area contributed by atoms with Crippen LogP contribution in [-0.2, 0) is 20.9 Å². The third-order valence-corrected chi connectivity index (χ3v) is 6.79. The minimum Gasteiger partial charge on any atom is -0.337 e. The van der Waals surface area contributed by atoms with E-state index < -0.39 is 11.8 Å². The highest BCUT2D eigenvalue weighted by Gasteiger charge is 2.35. The summed E-state index contributed by atoms with van der Waals surface area (Å²) in [6.07, 6.45) is 3.31. The van der Waals surface area contributed by atoms with E-state index in [9.17, 15) is 14.4 Å². The molecule has 3 amide bonds. The molecule has 0 aliphatic carbocycles. The second-order valence-electron chi connectivity index (χ2n) is 9.03. The molecule has 2 heterocycles. The number of hydrogen-bond donors (Lipinski definition) is 2. The van der Waals surface area contributed by atoms with Gasteiger partial charge in [-0.3, -0.25) is 24.6 Å². The Morgan fingerprint density at radius 2 is 1.79 bits per heavy atom. The number of nitrogens with zero attached hydrogens (tertiary/aromatic N) is 2. The molecular weight excluding hydrogens is 520 g/mol. The van der Waals surface area contributed by atoms with Crippen LogP contribution in [0.2, 0.25) is 5.02 Å². The number of rotatable bonds is 5. The summed E-state index contributed by atoms with van der Waals surface area (Å²) in [6, 6.07) is 20.0. The molecule has 4 aromatic rings. The van der Waals surface area contributed by atoms with E-state index in [0.717, 1.165) is 22.0 Å². The Hall–Kier alpha value is -4.27. The molecule has 0 spiro atoms. The van der Waals surface area contributed by atoms with Gasteiger partial charge < -0.3 is 9.88 Å². The molecule has 1 fully saturated rings. The zero-order chi connectivity index (χ0) is 27.0. The summed E-state index contributed by atoms with van der Waals surface area (Å²) in [5, 5.41) is 6.90. The number of aryl methyl sites for hydroxylation is 2. The maximum Gasteiger partial charge on any atom is 0.270 e. The van der Waals surface area contributed by atoms with E-state index in [4.69, 9.17) is 23.8 Å². The lowest BCUT2D eigenvalue weighted by Gasteiger charge is -2.30. The Bertz CT molecular complexity index is 1660. The van der Waals surface area contributed by atoms with Crippen molar-refractivity contribution < 1.29 is 14.4 Å². The molecule has 0 bridgehead atoms. The lowest BCUT2D eigenvalue weighted by atomic mass is 10.0. The summed E-state index contributed by atoms with van der Waals surface area (Å²) in [6.45, 7) is 3.89. The number of hydrogen-bond acceptors (Lipinski definition) is 4. The van der Waals surface area contributed by atoms with Crippen LogP contribution >= 0.6 is 23.8 Å². The van der Waals surface area contributed by atoms with Crippen molar-refractivity contribution in [1.82, 2.24) is 9.88 Å². The SMILES string of the molecule is Cc1ccc(N2C(=O)/C(=C/c3cn(CC(=O)Nc4ccc(Cl)cc4)c4ccccc34)C(=O)NC2=S)c(C)c1. The normalized spacial score (nSPS) is 14.8. The van der Waals surface area contributed by atoms with Gasteiger partial charge in [0.15, 0.2) is 5.11 Å². The average molecular weight is 543 g/mol. The molecule has 1 saturated heterocycles. The van der Waals surface area contributed by atoms with Gasteiger partial charge in [0, 0.05) is 33.4 Å². The van der Waals surface area contributed by atoms with Crippen LogP contribution in [0.3, 0.4) is 0 Å². The van der Waals surface area contributed by atoms with E-state index >= 15 is 0 Å². The highest BCUT2D eigenvalue weighted by molar-refractivity contribution is 7.80. The number of amides is 3. The molecular formula is C29H23ClN4O3S. The van der Waals surface area contributed by atoms with Crippen molar-refractivity contribution in [3.8, 4) is 0 Å². The first kappa shape index (κ1) is 25.4. The highest BCUT2D eigenvalue weighted by Crippen LogP contribution is 2.28. The molecule has 0 radical (unpaired) electrons. The molecule has 0 atom stereocenters. The third kappa shape index (κ3) is 4.96. The van der Waals surface area contributed by atoms with Crippen LogP contribution in [0.1, 0.15) is 16.7 Å². The van der Waals surface area contributed by atoms with Crippen molar-refractivity contribution in [1.29, 1.82) is 0 Å². The van der Waals surface area contributed by atoms with E-state index in [1.54, 1.807) is 41.1 Å². The fraction of sp³-hybridized carbons (Fsp3) is 0.103. The fourth-order valence-electron chi connectivity index (χ4n) is 4.50. The van der Waals surface area contributed by atoms with E-state index in [1.807, 2.05) is 56.3 Å². The lowest BCUT2D eigenvalue weighted by molar-refractivity contribution is -0.122. The van der Waals surface area contributed by atoms with Crippen molar-refractivity contribution in [2.24, 2.45) is 0 Å². The largest absolute Gasteiger partial charge is 0.337 e. The van der Waals surface area contributed by atoms with Gasteiger partial charge in [-0.2, -0.15) is 0 Å². The summed E-state index contributed by atoms with van der Waals surface area (Å²) < 4.78 is 1.78. The Balaban J connectivity index is 1.49. The molecule has 9 heteroatoms. The first-order valence-corrected chi connectivity index (χ1v) is 12.6. The highest BCUT2D eigenvalue weighted by atomic mass is 35.5. The summed E-state index contributed by atoms with van der Waals surface area (Å²) in [4.78, 5) is 40.6. The average Bonchev–Trinajstić information content (AvgIpc) is 3.21. The number of nitrogens with one attached hydrogen (secondary N) is 2. The topological polar surface area (TPSA) is 83.4 Å². The Labute approximate surface area is 229 Å². The fourth-order valence-corrected chi connectivity index (χ4v) is 4.90. The number of carbonyl (C=O) groups excluding carboxylic acids is 3. The first-order chi connectivity index (χ1) is 18.2. The van der Waals surface area contributed by atoms with Gasteiger partial charge >= 0.3 is 0 Å². The number of para-hydroxylation sites is 1. The summed E-state index contributed by atoms with van der Waals surface area (Å²) in [7, 11) is 0. The first-order valence-electron chi connectivity index (χ1n) is 11.8. The molecule has 1 aliphatic rings. The Morgan fingerprint density at radius 1 is 1.05 bits per heavy atom. The van der Waals surface area contributed by atoms with Gasteiger partial charge in [0.05, 0.1) is 5.69 Å². The zero-order valence-electron chi connectivity index (χ0n) is 20.6. The van der Waals surface area contributed by atoms with Gasteiger partial charge in [-0.05, 0) is 74.1 Å². The predicted molar refractivity (Wildman–Crippen MR) is 154 cm³/mol. The van der Waals surface area contributed by atoms with Crippen molar-refractivity contribution in [3.63, 3.8) is 0 Å². The van der Waals surface area contributed by atoms with Crippen LogP contribution < -0.4 is 15.5 Å². The molecule has 190 valence electrons. The van der Waals surface area contributed by atoms with E-state index in [2.05, 4.69) is 10.6 Å². The molecule has 5 rings (SSSR count). The summed E-state index contributed by atoms with van der Waals surface area (Å²) in [5.41, 5.74) is 4.52. The minimum absolute atomic E-state index is 0.0328. The number of aromatic nitrogens is 1. The zero-order valence-corrected chi connectivity index (χ0v) is 22.2. The maximum absolute atomic E-state index is 13.6. The van der Waals surface area contributed by atoms with Crippen molar-refractivity contribution >= 4 is 75.0 Å². The van der Waals surface area contributed by atoms with Crippen LogP contribution in [0.4, 0.5) is 11.4 Å². The summed E-state index contributed by atoms with van der Waals surface area (Å²) >= 11 is 11.3. The molecule has 3 aromatic carbocycles. The Kier molecular flexibility index (Phi) is 6.84. The minimum atomic E-state index is -0.571. The second-order valence-corrected chi connectivity index (χ2v) is 9.86. The van der Waals surface area contributed by atoms with Crippen LogP contribution in [0.5, 0.6) is 0 Å². The number of thiocarbonyl (C=S) groups is 1. The molecule has 2 N–H and O–H groups in total. The number of benzene rings is 3. The number of carbonyl (C=O) groups is 3. The van der Waals surface area contributed by atoms with Gasteiger partial charge in [-0.15, -0.1) is 0 Å². The van der Waals surface area contributed by atoms with E-state index in [1.165, 1.54) is 4.90 Å². The smallest absolute Gasteiger partial charge is 0.270 e. The summed E-state index contributed by atoms with van der Waals surface area (Å²) in [5.74, 6) is -1.31. The van der Waals surface area contributed by atoms with Gasteiger partial charge in [0.25, 0.3) is 11.8 Å². The third-order valence-electron chi connectivity index (χ3n) is 6.26. The molecule has 0 saturated carbocycles. The Morgan fingerprint density at radius 3 is 2.53 bits per heavy atom. The molecule has 1 aliphatic heterocycles. The van der Waals surface area contributed by atoms with Crippen LogP contribution in [-0.4, -0.2) is 27.4 Å². The lowest BCUT2D eigenvalue weighted by Crippen LogP contribution is -2.54. The predicted octanol–water partition coefficient (Wildman–Crippen LogP) is 5.38. The standard InChI is InChI=1S/C29H23ClN4O3S/c1-17-7-12-24(18(2)13-17)34-28(37)23(27(36)32-29(34)38)14-19-15-33(25-6-4-3-5-22(19)25)16-26(35)31-21-10-8-20(30)9-11-21/h3-15H,16H2,1-2H3,(H,31,35)(H,32,36,38)/b23-14+. The molecule has 0 unspecified atom stereocenters. The van der Waals surface area contributed by atoms with Crippen molar-refractivity contribution in [3.05, 3.63) is 100 Å². The van der Waals surface area contributed by atoms with Crippen molar-refractivity contribution in [2.75, 3.05) is 10.2 Å². The van der Waals surface area contributed by atoms with Gasteiger partial charge in [-0.25, -0.2) is 0 Å². The quantitative estimate of drug-likeness (QED) is 0.201. The van der Waals surface area contributed by atoms with E-state index in [0.29, 0.717) is 22.0 Å². The van der Waals surface area contributed by atoms with Crippen LogP contribution in [0, 0.1) is 13.8 Å².